The molecule has 1 aromatic heterocycles. The molecule has 4 rings (SSSR count). The van der Waals surface area contributed by atoms with Gasteiger partial charge in [0, 0.05) is 44.5 Å². The van der Waals surface area contributed by atoms with Crippen LogP contribution in [0.4, 0.5) is 16.3 Å². The van der Waals surface area contributed by atoms with Gasteiger partial charge in [-0.1, -0.05) is 34.8 Å². The highest BCUT2D eigenvalue weighted by Gasteiger charge is 2.34. The van der Waals surface area contributed by atoms with Gasteiger partial charge in [0.05, 0.1) is 22.7 Å². The summed E-state index contributed by atoms with van der Waals surface area (Å²) in [5, 5.41) is 0.912. The summed E-state index contributed by atoms with van der Waals surface area (Å²) in [6.07, 6.45) is -0.420. The smallest absolute Gasteiger partial charge is 0.414 e. The summed E-state index contributed by atoms with van der Waals surface area (Å²) >= 11 is 18.2. The number of rotatable bonds is 5. The van der Waals surface area contributed by atoms with Gasteiger partial charge in [-0.3, -0.25) is 9.69 Å². The van der Waals surface area contributed by atoms with Crippen LogP contribution in [-0.2, 0) is 9.47 Å². The van der Waals surface area contributed by atoms with Crippen LogP contribution in [0, 0.1) is 0 Å². The lowest BCUT2D eigenvalue weighted by Gasteiger charge is -2.36. The van der Waals surface area contributed by atoms with E-state index >= 15 is 0 Å². The van der Waals surface area contributed by atoms with Gasteiger partial charge >= 0.3 is 6.09 Å². The number of amides is 2. The topological polar surface area (TPSA) is 75.2 Å². The lowest BCUT2D eigenvalue weighted by Crippen LogP contribution is -2.49. The van der Waals surface area contributed by atoms with Gasteiger partial charge in [0.15, 0.2) is 0 Å². The molecule has 0 saturated carbocycles. The fourth-order valence-electron chi connectivity index (χ4n) is 3.82. The van der Waals surface area contributed by atoms with Crippen molar-refractivity contribution in [2.24, 2.45) is 0 Å². The predicted octanol–water partition coefficient (Wildman–Crippen LogP) is 3.98. The number of benzene rings is 1. The van der Waals surface area contributed by atoms with Crippen molar-refractivity contribution in [3.63, 3.8) is 0 Å². The van der Waals surface area contributed by atoms with E-state index in [4.69, 9.17) is 44.3 Å². The molecule has 2 aromatic rings. The highest BCUT2D eigenvalue weighted by Crippen LogP contribution is 2.32. The Hall–Kier alpha value is -2.26. The molecule has 11 heteroatoms. The standard InChI is InChI=1S/C21H21Cl3N4O4/c1-31-11-15-12-32-21(30)28(15)14-4-2-13(3-5-14)20(29)27-8-6-26(7-9-27)19-17(23)10-16(22)18(24)25-19/h2-5,10,15H,6-9,11-12H2,1H3/t15-/m1/s1. The van der Waals surface area contributed by atoms with Crippen LogP contribution >= 0.6 is 34.8 Å². The highest BCUT2D eigenvalue weighted by molar-refractivity contribution is 6.42. The molecule has 170 valence electrons. The second-order valence-electron chi connectivity index (χ2n) is 7.45. The molecule has 0 bridgehead atoms. The minimum Gasteiger partial charge on any atom is -0.447 e. The molecule has 2 amide bonds. The van der Waals surface area contributed by atoms with Gasteiger partial charge in [-0.15, -0.1) is 0 Å². The fraction of sp³-hybridized carbons (Fsp3) is 0.381. The van der Waals surface area contributed by atoms with Crippen LogP contribution in [0.2, 0.25) is 15.2 Å². The number of cyclic esters (lactones) is 1. The van der Waals surface area contributed by atoms with Crippen LogP contribution in [-0.4, -0.2) is 74.4 Å². The molecule has 3 heterocycles. The van der Waals surface area contributed by atoms with Gasteiger partial charge < -0.3 is 19.3 Å². The van der Waals surface area contributed by atoms with Crippen LogP contribution in [0.1, 0.15) is 10.4 Å². The number of nitrogens with zero attached hydrogens (tertiary/aromatic N) is 4. The SMILES string of the molecule is COC[C@@H]1COC(=O)N1c1ccc(C(=O)N2CCN(c3nc(Cl)c(Cl)cc3Cl)CC2)cc1. The number of carbonyl (C=O) groups excluding carboxylic acids is 2. The summed E-state index contributed by atoms with van der Waals surface area (Å²) < 4.78 is 10.3. The number of hydrogen-bond donors (Lipinski definition) is 0. The molecule has 0 unspecified atom stereocenters. The average Bonchev–Trinajstić information content (AvgIpc) is 3.16. The number of pyridine rings is 1. The Labute approximate surface area is 200 Å². The Balaban J connectivity index is 1.40. The molecule has 0 radical (unpaired) electrons. The zero-order chi connectivity index (χ0) is 22.8. The van der Waals surface area contributed by atoms with Crippen LogP contribution < -0.4 is 9.80 Å². The molecule has 0 aliphatic carbocycles. The van der Waals surface area contributed by atoms with Gasteiger partial charge in [0.2, 0.25) is 0 Å². The summed E-state index contributed by atoms with van der Waals surface area (Å²) in [7, 11) is 1.58. The minimum atomic E-state index is -0.420. The zero-order valence-corrected chi connectivity index (χ0v) is 19.5. The van der Waals surface area contributed by atoms with Crippen molar-refractivity contribution in [1.29, 1.82) is 0 Å². The lowest BCUT2D eigenvalue weighted by molar-refractivity contribution is 0.0746. The summed E-state index contributed by atoms with van der Waals surface area (Å²) in [6, 6.07) is 8.31. The van der Waals surface area contributed by atoms with E-state index < -0.39 is 6.09 Å². The number of aromatic nitrogens is 1. The Morgan fingerprint density at radius 3 is 2.47 bits per heavy atom. The molecular weight excluding hydrogens is 479 g/mol. The third kappa shape index (κ3) is 4.59. The average molecular weight is 500 g/mol. The molecule has 2 saturated heterocycles. The van der Waals surface area contributed by atoms with Crippen molar-refractivity contribution in [2.45, 2.75) is 6.04 Å². The van der Waals surface area contributed by atoms with Gasteiger partial charge in [-0.05, 0) is 30.3 Å². The molecule has 1 atom stereocenters. The van der Waals surface area contributed by atoms with Crippen molar-refractivity contribution in [2.75, 3.05) is 56.3 Å². The first-order valence-corrected chi connectivity index (χ1v) is 11.1. The van der Waals surface area contributed by atoms with E-state index in [-0.39, 0.29) is 23.7 Å². The van der Waals surface area contributed by atoms with E-state index in [1.807, 2.05) is 4.90 Å². The normalized spacial score (nSPS) is 18.8. The Kier molecular flexibility index (Phi) is 6.95. The number of piperazine rings is 1. The maximum absolute atomic E-state index is 13.0. The van der Waals surface area contributed by atoms with Crippen molar-refractivity contribution in [3.05, 3.63) is 51.1 Å². The third-order valence-electron chi connectivity index (χ3n) is 5.45. The Bertz CT molecular complexity index is 1010. The van der Waals surface area contributed by atoms with E-state index in [9.17, 15) is 9.59 Å². The number of hydrogen-bond acceptors (Lipinski definition) is 6. The molecule has 0 N–H and O–H groups in total. The molecule has 8 nitrogen and oxygen atoms in total. The maximum atomic E-state index is 13.0. The summed E-state index contributed by atoms with van der Waals surface area (Å²) in [5.41, 5.74) is 1.21. The zero-order valence-electron chi connectivity index (χ0n) is 17.3. The lowest BCUT2D eigenvalue weighted by atomic mass is 10.1. The summed E-state index contributed by atoms with van der Waals surface area (Å²) in [5.74, 6) is 0.475. The maximum Gasteiger partial charge on any atom is 0.414 e. The van der Waals surface area contributed by atoms with Crippen LogP contribution in [0.15, 0.2) is 30.3 Å². The molecule has 32 heavy (non-hydrogen) atoms. The first-order chi connectivity index (χ1) is 15.4. The van der Waals surface area contributed by atoms with Crippen molar-refractivity contribution in [1.82, 2.24) is 9.88 Å². The number of ether oxygens (including phenoxy) is 2. The van der Waals surface area contributed by atoms with Gasteiger partial charge in [-0.25, -0.2) is 9.78 Å². The van der Waals surface area contributed by atoms with Crippen LogP contribution in [0.25, 0.3) is 0 Å². The van der Waals surface area contributed by atoms with Gasteiger partial charge in [-0.2, -0.15) is 0 Å². The molecule has 2 aliphatic heterocycles. The molecule has 2 fully saturated rings. The quantitative estimate of drug-likeness (QED) is 0.580. The van der Waals surface area contributed by atoms with Gasteiger partial charge in [0.1, 0.15) is 17.6 Å². The highest BCUT2D eigenvalue weighted by atomic mass is 35.5. The third-order valence-corrected chi connectivity index (χ3v) is 6.40. The molecule has 1 aromatic carbocycles. The number of methoxy groups -OCH3 is 1. The Morgan fingerprint density at radius 2 is 1.81 bits per heavy atom. The second-order valence-corrected chi connectivity index (χ2v) is 8.62. The molecule has 2 aliphatic rings. The van der Waals surface area contributed by atoms with Crippen molar-refractivity contribution < 1.29 is 19.1 Å². The van der Waals surface area contributed by atoms with Gasteiger partial charge in [0.25, 0.3) is 5.91 Å². The fourth-order valence-corrected chi connectivity index (χ4v) is 4.43. The van der Waals surface area contributed by atoms with E-state index in [0.29, 0.717) is 59.9 Å². The number of anilines is 2. The van der Waals surface area contributed by atoms with E-state index in [0.717, 1.165) is 0 Å². The van der Waals surface area contributed by atoms with Crippen LogP contribution in [0.5, 0.6) is 0 Å². The van der Waals surface area contributed by atoms with Crippen molar-refractivity contribution in [3.8, 4) is 0 Å². The second kappa shape index (κ2) is 9.70. The molecule has 0 spiro atoms. The molecular formula is C21H21Cl3N4O4. The number of carbonyl (C=O) groups is 2. The largest absolute Gasteiger partial charge is 0.447 e. The van der Waals surface area contributed by atoms with E-state index in [1.54, 1.807) is 47.2 Å². The predicted molar refractivity (Wildman–Crippen MR) is 123 cm³/mol. The monoisotopic (exact) mass is 498 g/mol. The van der Waals surface area contributed by atoms with Crippen LogP contribution in [0.3, 0.4) is 0 Å². The first kappa shape index (κ1) is 22.9. The minimum absolute atomic E-state index is 0.0816. The number of halogens is 3. The first-order valence-electron chi connectivity index (χ1n) is 9.99. The Morgan fingerprint density at radius 1 is 1.12 bits per heavy atom. The van der Waals surface area contributed by atoms with Crippen molar-refractivity contribution >= 4 is 58.3 Å². The summed E-state index contributed by atoms with van der Waals surface area (Å²) in [4.78, 5) is 34.6. The van der Waals surface area contributed by atoms with E-state index in [2.05, 4.69) is 4.98 Å². The summed E-state index contributed by atoms with van der Waals surface area (Å²) in [6.45, 7) is 2.78. The van der Waals surface area contributed by atoms with E-state index in [1.165, 1.54) is 0 Å².